The molecule has 0 aliphatic carbocycles. The van der Waals surface area contributed by atoms with Crippen molar-refractivity contribution in [2.45, 2.75) is 12.0 Å². The third-order valence-electron chi connectivity index (χ3n) is 4.18. The van der Waals surface area contributed by atoms with E-state index >= 15 is 0 Å². The Bertz CT molecular complexity index is 804. The third kappa shape index (κ3) is 1.84. The highest BCUT2D eigenvalue weighted by molar-refractivity contribution is 9.10. The lowest BCUT2D eigenvalue weighted by Gasteiger charge is -2.29. The molecule has 0 radical (unpaired) electrons. The highest BCUT2D eigenvalue weighted by atomic mass is 79.9. The lowest BCUT2D eigenvalue weighted by atomic mass is 9.88. The maximum atomic E-state index is 14.0. The summed E-state index contributed by atoms with van der Waals surface area (Å²) in [7, 11) is 0. The molecule has 0 aromatic heterocycles. The molecule has 0 amide bonds. The number of fused-ring (bicyclic) bond motifs is 3. The zero-order chi connectivity index (χ0) is 15.5. The van der Waals surface area contributed by atoms with E-state index in [0.717, 1.165) is 11.1 Å². The first kappa shape index (κ1) is 14.6. The molecule has 114 valence electrons. The number of halogens is 3. The Morgan fingerprint density at radius 1 is 1.36 bits per heavy atom. The van der Waals surface area contributed by atoms with Gasteiger partial charge in [-0.2, -0.15) is 0 Å². The Hall–Kier alpha value is -0.950. The number of anilines is 1. The molecule has 4 rings (SSSR count). The molecule has 2 aliphatic rings. The van der Waals surface area contributed by atoms with Crippen LogP contribution in [0.5, 0.6) is 0 Å². The van der Waals surface area contributed by atoms with Gasteiger partial charge < -0.3 is 0 Å². The van der Waals surface area contributed by atoms with Crippen molar-refractivity contribution >= 4 is 44.5 Å². The monoisotopic (exact) mass is 401 g/mol. The maximum Gasteiger partial charge on any atom is 0.265 e. The van der Waals surface area contributed by atoms with Gasteiger partial charge in [0.05, 0.1) is 17.3 Å². The van der Waals surface area contributed by atoms with E-state index in [1.165, 1.54) is 6.07 Å². The van der Waals surface area contributed by atoms with Crippen LogP contribution in [0.2, 0.25) is 5.02 Å². The molecule has 0 N–H and O–H groups in total. The van der Waals surface area contributed by atoms with Gasteiger partial charge in [-0.05, 0) is 27.1 Å². The number of rotatable bonds is 1. The molecule has 2 atom stereocenters. The van der Waals surface area contributed by atoms with Crippen LogP contribution in [0, 0.1) is 5.82 Å². The number of hydrogen-bond acceptors (Lipinski definition) is 2. The molecule has 22 heavy (non-hydrogen) atoms. The lowest BCUT2D eigenvalue weighted by molar-refractivity contribution is 0.293. The molecule has 2 aromatic carbocycles. The summed E-state index contributed by atoms with van der Waals surface area (Å²) >= 11 is 7.72. The first-order chi connectivity index (χ1) is 10.5. The van der Waals surface area contributed by atoms with Crippen LogP contribution in [0.25, 0.3) is 0 Å². The van der Waals surface area contributed by atoms with Gasteiger partial charge in [0.15, 0.2) is 0 Å². The Kier molecular flexibility index (Phi) is 3.34. The summed E-state index contributed by atoms with van der Waals surface area (Å²) in [6, 6.07) is 11.0. The molecule has 2 aromatic rings. The molecule has 3 nitrogen and oxygen atoms in total. The zero-order valence-corrected chi connectivity index (χ0v) is 14.3. The minimum atomic E-state index is -1.65. The second-order valence-corrected chi connectivity index (χ2v) is 7.54. The predicted octanol–water partition coefficient (Wildman–Crippen LogP) is 4.11. The Balaban J connectivity index is 1.97. The largest absolute Gasteiger partial charge is 0.271 e. The summed E-state index contributed by atoms with van der Waals surface area (Å²) in [5, 5.41) is 0.0508. The van der Waals surface area contributed by atoms with Gasteiger partial charge in [0.1, 0.15) is 11.4 Å². The SMILES string of the molecule is O=S1OCC2(c3ccccc3)Cc3c(cc(F)c(Cl)c3Br)N12. The molecule has 0 saturated carbocycles. The Morgan fingerprint density at radius 3 is 2.82 bits per heavy atom. The number of hydrogen-bond donors (Lipinski definition) is 0. The van der Waals surface area contributed by atoms with E-state index in [1.807, 2.05) is 30.3 Å². The molecule has 2 unspecified atom stereocenters. The highest BCUT2D eigenvalue weighted by Crippen LogP contribution is 2.53. The zero-order valence-electron chi connectivity index (χ0n) is 11.2. The summed E-state index contributed by atoms with van der Waals surface area (Å²) in [6.07, 6.45) is 0.554. The van der Waals surface area contributed by atoms with Gasteiger partial charge in [0, 0.05) is 17.0 Å². The van der Waals surface area contributed by atoms with Crippen molar-refractivity contribution in [3.8, 4) is 0 Å². The standard InChI is InChI=1S/C15H10BrClFNO2S/c16-13-10-7-15(9-4-2-1-3-5-9)8-21-22(20)19(15)12(10)6-11(18)14(13)17/h1-6H,7-8H2. The molecular formula is C15H10BrClFNO2S. The number of benzene rings is 2. The summed E-state index contributed by atoms with van der Waals surface area (Å²) in [4.78, 5) is 0. The molecule has 2 heterocycles. The smallest absolute Gasteiger partial charge is 0.265 e. The molecule has 1 fully saturated rings. The van der Waals surface area contributed by atoms with Gasteiger partial charge in [-0.3, -0.25) is 8.49 Å². The summed E-state index contributed by atoms with van der Waals surface area (Å²) < 4.78 is 33.9. The van der Waals surface area contributed by atoms with Crippen molar-refractivity contribution in [1.82, 2.24) is 0 Å². The average molecular weight is 403 g/mol. The lowest BCUT2D eigenvalue weighted by Crippen LogP contribution is -2.40. The van der Waals surface area contributed by atoms with Crippen molar-refractivity contribution in [2.24, 2.45) is 0 Å². The molecule has 1 saturated heterocycles. The fraction of sp³-hybridized carbons (Fsp3) is 0.200. The third-order valence-corrected chi connectivity index (χ3v) is 6.81. The summed E-state index contributed by atoms with van der Waals surface area (Å²) in [6.45, 7) is 0.282. The van der Waals surface area contributed by atoms with Crippen LogP contribution in [-0.2, 0) is 27.4 Å². The van der Waals surface area contributed by atoms with Crippen molar-refractivity contribution in [1.29, 1.82) is 0 Å². The van der Waals surface area contributed by atoms with Crippen LogP contribution in [0.4, 0.5) is 10.1 Å². The van der Waals surface area contributed by atoms with E-state index in [0.29, 0.717) is 16.6 Å². The second-order valence-electron chi connectivity index (χ2n) is 5.33. The molecule has 0 spiro atoms. The van der Waals surface area contributed by atoms with Gasteiger partial charge in [-0.25, -0.2) is 8.60 Å². The van der Waals surface area contributed by atoms with Crippen LogP contribution in [0.1, 0.15) is 11.1 Å². The van der Waals surface area contributed by atoms with E-state index in [9.17, 15) is 8.60 Å². The van der Waals surface area contributed by atoms with Crippen LogP contribution in [0.15, 0.2) is 40.9 Å². The van der Waals surface area contributed by atoms with Gasteiger partial charge in [0.25, 0.3) is 11.3 Å². The van der Waals surface area contributed by atoms with Crippen molar-refractivity contribution < 1.29 is 12.8 Å². The van der Waals surface area contributed by atoms with E-state index in [4.69, 9.17) is 15.8 Å². The van der Waals surface area contributed by atoms with E-state index in [1.54, 1.807) is 4.31 Å². The highest BCUT2D eigenvalue weighted by Gasteiger charge is 2.54. The van der Waals surface area contributed by atoms with Crippen LogP contribution in [0.3, 0.4) is 0 Å². The summed E-state index contributed by atoms with van der Waals surface area (Å²) in [5.41, 5.74) is 1.81. The molecular weight excluding hydrogens is 393 g/mol. The van der Waals surface area contributed by atoms with E-state index in [-0.39, 0.29) is 11.6 Å². The first-order valence-corrected chi connectivity index (χ1v) is 8.82. The van der Waals surface area contributed by atoms with Gasteiger partial charge >= 0.3 is 0 Å². The molecule has 7 heteroatoms. The predicted molar refractivity (Wildman–Crippen MR) is 87.5 cm³/mol. The summed E-state index contributed by atoms with van der Waals surface area (Å²) in [5.74, 6) is -0.542. The van der Waals surface area contributed by atoms with Crippen molar-refractivity contribution in [3.05, 3.63) is 62.8 Å². The first-order valence-electron chi connectivity index (χ1n) is 6.62. The van der Waals surface area contributed by atoms with Crippen LogP contribution in [-0.4, -0.2) is 10.8 Å². The van der Waals surface area contributed by atoms with Crippen molar-refractivity contribution in [3.63, 3.8) is 0 Å². The fourth-order valence-electron chi connectivity index (χ4n) is 3.15. The van der Waals surface area contributed by atoms with Crippen LogP contribution < -0.4 is 4.31 Å². The van der Waals surface area contributed by atoms with E-state index < -0.39 is 22.6 Å². The molecule has 0 bridgehead atoms. The maximum absolute atomic E-state index is 14.0. The van der Waals surface area contributed by atoms with Crippen LogP contribution >= 0.6 is 27.5 Å². The normalized spacial score (nSPS) is 26.1. The second kappa shape index (κ2) is 5.03. The Morgan fingerprint density at radius 2 is 2.09 bits per heavy atom. The minimum Gasteiger partial charge on any atom is -0.271 e. The van der Waals surface area contributed by atoms with Gasteiger partial charge in [-0.15, -0.1) is 0 Å². The molecule has 2 aliphatic heterocycles. The van der Waals surface area contributed by atoms with Gasteiger partial charge in [0.2, 0.25) is 0 Å². The minimum absolute atomic E-state index is 0.0508. The number of nitrogens with zero attached hydrogens (tertiary/aromatic N) is 1. The topological polar surface area (TPSA) is 29.5 Å². The van der Waals surface area contributed by atoms with Gasteiger partial charge in [-0.1, -0.05) is 41.9 Å². The average Bonchev–Trinajstić information content (AvgIpc) is 3.03. The van der Waals surface area contributed by atoms with E-state index in [2.05, 4.69) is 15.9 Å². The van der Waals surface area contributed by atoms with Crippen molar-refractivity contribution in [2.75, 3.05) is 10.9 Å². The quantitative estimate of drug-likeness (QED) is 0.672. The fourth-order valence-corrected chi connectivity index (χ4v) is 5.08. The Labute approximate surface area is 143 Å².